The van der Waals surface area contributed by atoms with Crippen molar-refractivity contribution in [1.82, 2.24) is 10.1 Å². The minimum Gasteiger partial charge on any atom is -0.478 e. The summed E-state index contributed by atoms with van der Waals surface area (Å²) < 4.78 is 20.1. The number of aromatic nitrogens is 2. The van der Waals surface area contributed by atoms with Gasteiger partial charge in [0.05, 0.1) is 11.1 Å². The Morgan fingerprint density at radius 1 is 0.926 bits per heavy atom. The van der Waals surface area contributed by atoms with Crippen molar-refractivity contribution >= 4 is 5.97 Å². The van der Waals surface area contributed by atoms with Gasteiger partial charge in [-0.25, -0.2) is 9.18 Å². The van der Waals surface area contributed by atoms with Crippen LogP contribution in [0.2, 0.25) is 0 Å². The number of hydrogen-bond donors (Lipinski definition) is 1. The van der Waals surface area contributed by atoms with E-state index in [4.69, 9.17) is 4.52 Å². The molecule has 5 nitrogen and oxygen atoms in total. The molecule has 0 bridgehead atoms. The van der Waals surface area contributed by atoms with E-state index in [0.717, 1.165) is 22.3 Å². The highest BCUT2D eigenvalue weighted by Crippen LogP contribution is 2.34. The summed E-state index contributed by atoms with van der Waals surface area (Å²) in [6.07, 6.45) is 0. The minimum atomic E-state index is -1.02. The fraction of sp³-hybridized carbons (Fsp3) is 0.286. The van der Waals surface area contributed by atoms with Crippen LogP contribution in [-0.4, -0.2) is 21.2 Å². The second kappa shape index (κ2) is 6.61. The Bertz CT molecular complexity index is 1060. The highest BCUT2D eigenvalue weighted by atomic mass is 19.1. The van der Waals surface area contributed by atoms with Gasteiger partial charge in [-0.05, 0) is 81.0 Å². The predicted molar refractivity (Wildman–Crippen MR) is 101 cm³/mol. The fourth-order valence-electron chi connectivity index (χ4n) is 3.34. The Morgan fingerprint density at radius 2 is 1.52 bits per heavy atom. The first-order valence-corrected chi connectivity index (χ1v) is 8.58. The van der Waals surface area contributed by atoms with E-state index in [0.29, 0.717) is 16.7 Å². The maximum Gasteiger partial charge on any atom is 0.335 e. The first kappa shape index (κ1) is 18.8. The molecule has 0 aliphatic carbocycles. The number of aromatic carboxylic acids is 1. The number of rotatable bonds is 3. The summed E-state index contributed by atoms with van der Waals surface area (Å²) in [5.41, 5.74) is 5.47. The largest absolute Gasteiger partial charge is 0.478 e. The zero-order valence-corrected chi connectivity index (χ0v) is 16.2. The predicted octanol–water partition coefficient (Wildman–Crippen LogP) is 5.09. The number of aryl methyl sites for hydroxylation is 3. The van der Waals surface area contributed by atoms with Crippen molar-refractivity contribution in [3.63, 3.8) is 0 Å². The summed E-state index contributed by atoms with van der Waals surface area (Å²) in [6, 6.07) is 3.41. The zero-order chi connectivity index (χ0) is 20.0. The van der Waals surface area contributed by atoms with Crippen molar-refractivity contribution in [2.24, 2.45) is 0 Å². The Balaban J connectivity index is 2.24. The average molecular weight is 368 g/mol. The molecule has 0 saturated carbocycles. The standard InChI is InChI=1S/C21H21FN2O3/c1-9-7-11(3)18(22)17(13(9)5)20-23-19(24-27-20)16-12(4)10(2)8-15(14(16)6)21(25)26/h7-8H,1-6H3,(H,25,26). The molecule has 0 aliphatic heterocycles. The number of carbonyl (C=O) groups is 1. The van der Waals surface area contributed by atoms with Crippen molar-refractivity contribution in [2.45, 2.75) is 41.5 Å². The molecular weight excluding hydrogens is 347 g/mol. The molecule has 27 heavy (non-hydrogen) atoms. The summed E-state index contributed by atoms with van der Waals surface area (Å²) >= 11 is 0. The molecule has 0 unspecified atom stereocenters. The maximum absolute atomic E-state index is 14.7. The molecule has 0 spiro atoms. The first-order chi connectivity index (χ1) is 12.6. The number of benzene rings is 2. The van der Waals surface area contributed by atoms with Gasteiger partial charge in [0.2, 0.25) is 5.82 Å². The Labute approximate surface area is 156 Å². The van der Waals surface area contributed by atoms with Gasteiger partial charge >= 0.3 is 5.97 Å². The summed E-state index contributed by atoms with van der Waals surface area (Å²) in [5.74, 6) is -1.07. The summed E-state index contributed by atoms with van der Waals surface area (Å²) in [7, 11) is 0. The third kappa shape index (κ3) is 3.01. The maximum atomic E-state index is 14.7. The molecule has 0 atom stereocenters. The quantitative estimate of drug-likeness (QED) is 0.697. The molecule has 2 aromatic carbocycles. The van der Waals surface area contributed by atoms with Crippen molar-refractivity contribution in [2.75, 3.05) is 0 Å². The van der Waals surface area contributed by atoms with Gasteiger partial charge in [-0.2, -0.15) is 4.98 Å². The normalized spacial score (nSPS) is 11.1. The summed E-state index contributed by atoms with van der Waals surface area (Å²) in [5, 5.41) is 13.5. The molecule has 1 heterocycles. The van der Waals surface area contributed by atoms with Crippen molar-refractivity contribution in [1.29, 1.82) is 0 Å². The summed E-state index contributed by atoms with van der Waals surface area (Å²) in [4.78, 5) is 16.0. The van der Waals surface area contributed by atoms with Crippen LogP contribution in [0.25, 0.3) is 22.8 Å². The van der Waals surface area contributed by atoms with E-state index in [-0.39, 0.29) is 22.8 Å². The molecule has 0 fully saturated rings. The molecule has 140 valence electrons. The molecule has 1 aromatic heterocycles. The van der Waals surface area contributed by atoms with E-state index in [1.54, 1.807) is 26.0 Å². The topological polar surface area (TPSA) is 76.2 Å². The van der Waals surface area contributed by atoms with Crippen LogP contribution in [0, 0.1) is 47.4 Å². The Kier molecular flexibility index (Phi) is 4.59. The molecule has 0 saturated heterocycles. The number of nitrogens with zero attached hydrogens (tertiary/aromatic N) is 2. The Hall–Kier alpha value is -3.02. The molecule has 0 aliphatic rings. The number of carboxylic acid groups (broad SMARTS) is 1. The van der Waals surface area contributed by atoms with E-state index >= 15 is 0 Å². The third-order valence-electron chi connectivity index (χ3n) is 5.17. The fourth-order valence-corrected chi connectivity index (χ4v) is 3.34. The Morgan fingerprint density at radius 3 is 2.15 bits per heavy atom. The van der Waals surface area contributed by atoms with E-state index in [1.165, 1.54) is 0 Å². The SMILES string of the molecule is Cc1cc(C(=O)O)c(C)c(-c2noc(-c3c(C)c(C)cc(C)c3F)n2)c1C. The monoisotopic (exact) mass is 368 g/mol. The van der Waals surface area contributed by atoms with Gasteiger partial charge in [-0.15, -0.1) is 0 Å². The van der Waals surface area contributed by atoms with Crippen molar-refractivity contribution in [3.05, 3.63) is 56.9 Å². The van der Waals surface area contributed by atoms with Gasteiger partial charge in [-0.1, -0.05) is 11.2 Å². The van der Waals surface area contributed by atoms with Crippen LogP contribution in [0.1, 0.15) is 43.7 Å². The number of carboxylic acids is 1. The van der Waals surface area contributed by atoms with E-state index in [1.807, 2.05) is 27.7 Å². The first-order valence-electron chi connectivity index (χ1n) is 8.58. The number of hydrogen-bond acceptors (Lipinski definition) is 4. The lowest BCUT2D eigenvalue weighted by Crippen LogP contribution is -2.05. The minimum absolute atomic E-state index is 0.0870. The molecule has 3 aromatic rings. The van der Waals surface area contributed by atoms with Crippen molar-refractivity contribution < 1.29 is 18.8 Å². The van der Waals surface area contributed by atoms with Crippen LogP contribution < -0.4 is 0 Å². The van der Waals surface area contributed by atoms with Crippen LogP contribution in [0.15, 0.2) is 16.7 Å². The summed E-state index contributed by atoms with van der Waals surface area (Å²) in [6.45, 7) is 10.8. The van der Waals surface area contributed by atoms with Crippen LogP contribution in [0.5, 0.6) is 0 Å². The molecule has 0 amide bonds. The molecule has 1 N–H and O–H groups in total. The van der Waals surface area contributed by atoms with E-state index in [2.05, 4.69) is 10.1 Å². The van der Waals surface area contributed by atoms with Crippen molar-refractivity contribution in [3.8, 4) is 22.8 Å². The lowest BCUT2D eigenvalue weighted by Gasteiger charge is -2.12. The van der Waals surface area contributed by atoms with Gasteiger partial charge in [0.25, 0.3) is 5.89 Å². The third-order valence-corrected chi connectivity index (χ3v) is 5.17. The van der Waals surface area contributed by atoms with Gasteiger partial charge in [0.1, 0.15) is 5.82 Å². The highest BCUT2D eigenvalue weighted by molar-refractivity contribution is 5.92. The van der Waals surface area contributed by atoms with Gasteiger partial charge in [-0.3, -0.25) is 0 Å². The molecular formula is C21H21FN2O3. The number of halogens is 1. The second-order valence-corrected chi connectivity index (χ2v) is 6.92. The lowest BCUT2D eigenvalue weighted by atomic mass is 9.93. The zero-order valence-electron chi connectivity index (χ0n) is 16.2. The second-order valence-electron chi connectivity index (χ2n) is 6.92. The van der Waals surface area contributed by atoms with Gasteiger partial charge in [0, 0.05) is 5.56 Å². The smallest absolute Gasteiger partial charge is 0.335 e. The molecule has 0 radical (unpaired) electrons. The van der Waals surface area contributed by atoms with Crippen LogP contribution in [-0.2, 0) is 0 Å². The van der Waals surface area contributed by atoms with E-state index in [9.17, 15) is 14.3 Å². The van der Waals surface area contributed by atoms with E-state index < -0.39 is 11.8 Å². The van der Waals surface area contributed by atoms with Crippen LogP contribution in [0.3, 0.4) is 0 Å². The lowest BCUT2D eigenvalue weighted by molar-refractivity contribution is 0.0696. The van der Waals surface area contributed by atoms with Gasteiger partial charge in [0.15, 0.2) is 0 Å². The van der Waals surface area contributed by atoms with Gasteiger partial charge < -0.3 is 9.63 Å². The van der Waals surface area contributed by atoms with Crippen LogP contribution in [0.4, 0.5) is 4.39 Å². The molecule has 6 heteroatoms. The average Bonchev–Trinajstić information content (AvgIpc) is 3.06. The molecule has 3 rings (SSSR count). The highest BCUT2D eigenvalue weighted by Gasteiger charge is 2.23. The van der Waals surface area contributed by atoms with Crippen LogP contribution >= 0.6 is 0 Å².